The summed E-state index contributed by atoms with van der Waals surface area (Å²) in [5.41, 5.74) is 0. The van der Waals surface area contributed by atoms with Gasteiger partial charge in [-0.05, 0) is 31.1 Å². The lowest BCUT2D eigenvalue weighted by Crippen LogP contribution is -2.30. The van der Waals surface area contributed by atoms with Gasteiger partial charge in [0.1, 0.15) is 13.2 Å². The molecule has 0 saturated heterocycles. The Bertz CT molecular complexity index is 1060. The van der Waals surface area contributed by atoms with Crippen LogP contribution < -0.4 is 0 Å². The zero-order valence-corrected chi connectivity index (χ0v) is 47.5. The zero-order valence-electron chi connectivity index (χ0n) is 47.5. The van der Waals surface area contributed by atoms with Gasteiger partial charge in [0.2, 0.25) is 0 Å². The fourth-order valence-electron chi connectivity index (χ4n) is 9.73. The largest absolute Gasteiger partial charge is 0.462 e. The highest BCUT2D eigenvalue weighted by Crippen LogP contribution is 2.19. The zero-order chi connectivity index (χ0) is 50.4. The van der Waals surface area contributed by atoms with Gasteiger partial charge >= 0.3 is 17.9 Å². The molecule has 6 heteroatoms. The Morgan fingerprint density at radius 2 is 0.551 bits per heavy atom. The third kappa shape index (κ3) is 55.6. The van der Waals surface area contributed by atoms with Crippen LogP contribution in [0, 0.1) is 11.8 Å². The number of carbonyl (C=O) groups excluding carboxylic acids is 3. The molecule has 0 bridgehead atoms. The van der Waals surface area contributed by atoms with Crippen LogP contribution in [0.15, 0.2) is 0 Å². The second-order valence-electron chi connectivity index (χ2n) is 22.4. The Kier molecular flexibility index (Phi) is 54.4. The number of rotatable bonds is 57. The van der Waals surface area contributed by atoms with Crippen molar-refractivity contribution in [3.63, 3.8) is 0 Å². The van der Waals surface area contributed by atoms with Gasteiger partial charge < -0.3 is 14.2 Å². The van der Waals surface area contributed by atoms with Crippen LogP contribution in [-0.4, -0.2) is 37.2 Å². The molecule has 0 aliphatic carbocycles. The first kappa shape index (κ1) is 67.4. The summed E-state index contributed by atoms with van der Waals surface area (Å²) >= 11 is 0. The van der Waals surface area contributed by atoms with Gasteiger partial charge in [0.05, 0.1) is 0 Å². The van der Waals surface area contributed by atoms with Crippen molar-refractivity contribution in [2.24, 2.45) is 11.8 Å². The van der Waals surface area contributed by atoms with Crippen molar-refractivity contribution in [2.75, 3.05) is 13.2 Å². The molecule has 0 aromatic rings. The van der Waals surface area contributed by atoms with E-state index in [-0.39, 0.29) is 31.1 Å². The van der Waals surface area contributed by atoms with Crippen molar-refractivity contribution in [3.8, 4) is 0 Å². The number of hydrogen-bond donors (Lipinski definition) is 0. The predicted octanol–water partition coefficient (Wildman–Crippen LogP) is 20.8. The Balaban J connectivity index is 4.30. The van der Waals surface area contributed by atoms with Crippen molar-refractivity contribution >= 4 is 17.9 Å². The predicted molar refractivity (Wildman–Crippen MR) is 298 cm³/mol. The summed E-state index contributed by atoms with van der Waals surface area (Å²) < 4.78 is 17.0. The van der Waals surface area contributed by atoms with Crippen molar-refractivity contribution in [1.82, 2.24) is 0 Å². The normalized spacial score (nSPS) is 12.4. The molecule has 0 heterocycles. The van der Waals surface area contributed by atoms with Gasteiger partial charge in [0.15, 0.2) is 6.10 Å². The van der Waals surface area contributed by atoms with E-state index in [1.54, 1.807) is 0 Å². The van der Waals surface area contributed by atoms with E-state index in [4.69, 9.17) is 14.2 Å². The molecule has 0 spiro atoms. The first-order valence-corrected chi connectivity index (χ1v) is 31.3. The molecule has 0 aromatic carbocycles. The van der Waals surface area contributed by atoms with Crippen LogP contribution in [0.5, 0.6) is 0 Å². The lowest BCUT2D eigenvalue weighted by atomic mass is 9.99. The Morgan fingerprint density at radius 3 is 0.826 bits per heavy atom. The van der Waals surface area contributed by atoms with E-state index in [1.807, 2.05) is 0 Å². The van der Waals surface area contributed by atoms with E-state index < -0.39 is 6.10 Å². The molecule has 410 valence electrons. The van der Waals surface area contributed by atoms with Crippen LogP contribution in [0.2, 0.25) is 0 Å². The average Bonchev–Trinajstić information content (AvgIpc) is 3.34. The van der Waals surface area contributed by atoms with E-state index >= 15 is 0 Å². The minimum atomic E-state index is -0.763. The van der Waals surface area contributed by atoms with Crippen molar-refractivity contribution in [2.45, 2.75) is 362 Å². The van der Waals surface area contributed by atoms with Crippen molar-refractivity contribution in [3.05, 3.63) is 0 Å². The highest BCUT2D eigenvalue weighted by molar-refractivity contribution is 5.71. The number of unbranched alkanes of at least 4 members (excludes halogenated alkanes) is 41. The van der Waals surface area contributed by atoms with Crippen LogP contribution in [0.4, 0.5) is 0 Å². The third-order valence-electron chi connectivity index (χ3n) is 14.8. The molecule has 0 rings (SSSR count). The van der Waals surface area contributed by atoms with Crippen LogP contribution in [0.1, 0.15) is 356 Å². The Labute approximate surface area is 431 Å². The van der Waals surface area contributed by atoms with Gasteiger partial charge in [-0.3, -0.25) is 14.4 Å². The molecule has 0 fully saturated rings. The highest BCUT2D eigenvalue weighted by Gasteiger charge is 2.19. The molecule has 6 nitrogen and oxygen atoms in total. The lowest BCUT2D eigenvalue weighted by Gasteiger charge is -2.18. The maximum absolute atomic E-state index is 12.9. The van der Waals surface area contributed by atoms with E-state index in [0.717, 1.165) is 69.6 Å². The summed E-state index contributed by atoms with van der Waals surface area (Å²) in [4.78, 5) is 38.3. The number of carbonyl (C=O) groups is 3. The standard InChI is InChI=1S/C63H122O6/c1-6-8-9-10-11-12-13-14-15-16-23-28-33-38-43-48-53-61(64)67-56-60(69-63(66)55-50-45-40-35-30-25-19-17-21-26-31-36-41-46-51-58(3)4)57-68-62(65)54-49-44-39-34-29-24-20-18-22-27-32-37-42-47-52-59(5)7-2/h58-60H,6-57H2,1-5H3/t59?,60-/m1/s1. The van der Waals surface area contributed by atoms with Crippen LogP contribution in [0.3, 0.4) is 0 Å². The molecule has 2 atom stereocenters. The van der Waals surface area contributed by atoms with Crippen LogP contribution in [0.25, 0.3) is 0 Å². The molecule has 0 saturated carbocycles. The molecular formula is C63H122O6. The number of esters is 3. The summed E-state index contributed by atoms with van der Waals surface area (Å²) in [6, 6.07) is 0. The molecule has 69 heavy (non-hydrogen) atoms. The first-order chi connectivity index (χ1) is 33.8. The molecule has 1 unspecified atom stereocenters. The fourth-order valence-corrected chi connectivity index (χ4v) is 9.73. The quantitative estimate of drug-likeness (QED) is 0.0343. The van der Waals surface area contributed by atoms with Crippen LogP contribution >= 0.6 is 0 Å². The van der Waals surface area contributed by atoms with Gasteiger partial charge in [-0.1, -0.05) is 317 Å². The minimum Gasteiger partial charge on any atom is -0.462 e. The monoisotopic (exact) mass is 975 g/mol. The van der Waals surface area contributed by atoms with Gasteiger partial charge in [0, 0.05) is 19.3 Å². The van der Waals surface area contributed by atoms with Crippen molar-refractivity contribution in [1.29, 1.82) is 0 Å². The van der Waals surface area contributed by atoms with Gasteiger partial charge in [-0.15, -0.1) is 0 Å². The van der Waals surface area contributed by atoms with Crippen LogP contribution in [-0.2, 0) is 28.6 Å². The molecule has 0 aliphatic rings. The van der Waals surface area contributed by atoms with E-state index in [1.165, 1.54) is 244 Å². The number of hydrogen-bond acceptors (Lipinski definition) is 6. The Hall–Kier alpha value is -1.59. The summed E-state index contributed by atoms with van der Waals surface area (Å²) in [5.74, 6) is 0.907. The highest BCUT2D eigenvalue weighted by atomic mass is 16.6. The van der Waals surface area contributed by atoms with Gasteiger partial charge in [0.25, 0.3) is 0 Å². The van der Waals surface area contributed by atoms with Gasteiger partial charge in [-0.25, -0.2) is 0 Å². The topological polar surface area (TPSA) is 78.9 Å². The van der Waals surface area contributed by atoms with E-state index in [9.17, 15) is 14.4 Å². The lowest BCUT2D eigenvalue weighted by molar-refractivity contribution is -0.167. The summed E-state index contributed by atoms with van der Waals surface area (Å²) in [6.45, 7) is 11.5. The molecular weight excluding hydrogens is 853 g/mol. The maximum Gasteiger partial charge on any atom is 0.306 e. The van der Waals surface area contributed by atoms with E-state index in [2.05, 4.69) is 34.6 Å². The summed E-state index contributed by atoms with van der Waals surface area (Å²) in [7, 11) is 0. The maximum atomic E-state index is 12.9. The average molecular weight is 976 g/mol. The SMILES string of the molecule is CCCCCCCCCCCCCCCCCCC(=O)OC[C@H](COC(=O)CCCCCCCCCCCCCCCCC(C)CC)OC(=O)CCCCCCCCCCCCCCCCC(C)C. The fraction of sp³-hybridized carbons (Fsp3) is 0.952. The molecule has 0 radical (unpaired) electrons. The van der Waals surface area contributed by atoms with Crippen molar-refractivity contribution < 1.29 is 28.6 Å². The molecule has 0 aliphatic heterocycles. The van der Waals surface area contributed by atoms with Gasteiger partial charge in [-0.2, -0.15) is 0 Å². The molecule has 0 N–H and O–H groups in total. The summed E-state index contributed by atoms with van der Waals surface area (Å²) in [5, 5.41) is 0. The second kappa shape index (κ2) is 55.7. The minimum absolute atomic E-state index is 0.0620. The van der Waals surface area contributed by atoms with E-state index in [0.29, 0.717) is 19.3 Å². The molecule has 0 aromatic heterocycles. The number of ether oxygens (including phenoxy) is 3. The second-order valence-corrected chi connectivity index (χ2v) is 22.4. The molecule has 0 amide bonds. The smallest absolute Gasteiger partial charge is 0.306 e. The first-order valence-electron chi connectivity index (χ1n) is 31.3. The summed E-state index contributed by atoms with van der Waals surface area (Å²) in [6.07, 6.45) is 60.9. The Morgan fingerprint density at radius 1 is 0.304 bits per heavy atom. The third-order valence-corrected chi connectivity index (χ3v) is 14.8.